The molecular formula is C21H22Cl2N2O. The van der Waals surface area contributed by atoms with Crippen molar-refractivity contribution in [2.45, 2.75) is 27.3 Å². The van der Waals surface area contributed by atoms with Crippen LogP contribution in [-0.2, 0) is 6.54 Å². The Morgan fingerprint density at radius 1 is 1.08 bits per heavy atom. The first-order valence-electron chi connectivity index (χ1n) is 8.65. The van der Waals surface area contributed by atoms with Gasteiger partial charge in [0.25, 0.3) is 0 Å². The number of halogens is 2. The van der Waals surface area contributed by atoms with Gasteiger partial charge in [-0.05, 0) is 42.7 Å². The molecule has 0 aliphatic rings. The van der Waals surface area contributed by atoms with Crippen molar-refractivity contribution >= 4 is 39.8 Å². The summed E-state index contributed by atoms with van der Waals surface area (Å²) in [5.74, 6) is 1.28. The van der Waals surface area contributed by atoms with E-state index in [1.165, 1.54) is 0 Å². The lowest BCUT2D eigenvalue weighted by Crippen LogP contribution is -2.06. The highest BCUT2D eigenvalue weighted by Gasteiger charge is 2.10. The molecule has 1 heterocycles. The van der Waals surface area contributed by atoms with Crippen LogP contribution >= 0.6 is 23.2 Å². The molecule has 0 aliphatic carbocycles. The average Bonchev–Trinajstić information content (AvgIpc) is 2.60. The predicted octanol–water partition coefficient (Wildman–Crippen LogP) is 6.50. The van der Waals surface area contributed by atoms with Crippen molar-refractivity contribution in [1.29, 1.82) is 0 Å². The molecule has 1 N–H and O–H groups in total. The first-order valence-corrected chi connectivity index (χ1v) is 9.40. The number of hydrogen-bond donors (Lipinski definition) is 1. The number of rotatable bonds is 6. The van der Waals surface area contributed by atoms with Gasteiger partial charge in [0, 0.05) is 23.3 Å². The molecule has 5 heteroatoms. The molecule has 0 aliphatic heterocycles. The van der Waals surface area contributed by atoms with E-state index in [-0.39, 0.29) is 0 Å². The maximum atomic E-state index is 6.11. The van der Waals surface area contributed by atoms with Crippen LogP contribution in [-0.4, -0.2) is 11.6 Å². The molecule has 0 radical (unpaired) electrons. The van der Waals surface area contributed by atoms with Gasteiger partial charge in [-0.1, -0.05) is 55.2 Å². The van der Waals surface area contributed by atoms with Gasteiger partial charge in [-0.15, -0.1) is 0 Å². The van der Waals surface area contributed by atoms with Crippen LogP contribution in [0.2, 0.25) is 10.0 Å². The van der Waals surface area contributed by atoms with Crippen LogP contribution in [0.5, 0.6) is 5.75 Å². The first-order chi connectivity index (χ1) is 12.4. The third kappa shape index (κ3) is 4.40. The highest BCUT2D eigenvalue weighted by atomic mass is 35.5. The molecule has 136 valence electrons. The SMILES string of the molecule is Cc1cc(NCc2ccc(Cl)c(Cl)c2)c2cccc(OCC(C)C)c2n1. The molecule has 0 saturated carbocycles. The van der Waals surface area contributed by atoms with E-state index in [4.69, 9.17) is 32.9 Å². The van der Waals surface area contributed by atoms with Gasteiger partial charge in [-0.3, -0.25) is 0 Å². The molecule has 0 unspecified atom stereocenters. The number of pyridine rings is 1. The van der Waals surface area contributed by atoms with Crippen LogP contribution in [0.25, 0.3) is 10.9 Å². The Kier molecular flexibility index (Phi) is 5.90. The fraction of sp³-hybridized carbons (Fsp3) is 0.286. The number of ether oxygens (including phenoxy) is 1. The van der Waals surface area contributed by atoms with Gasteiger partial charge in [0.2, 0.25) is 0 Å². The van der Waals surface area contributed by atoms with Crippen LogP contribution in [0, 0.1) is 12.8 Å². The summed E-state index contributed by atoms with van der Waals surface area (Å²) in [6.45, 7) is 7.57. The minimum atomic E-state index is 0.460. The number of nitrogens with one attached hydrogen (secondary N) is 1. The second kappa shape index (κ2) is 8.15. The second-order valence-electron chi connectivity index (χ2n) is 6.77. The molecule has 26 heavy (non-hydrogen) atoms. The van der Waals surface area contributed by atoms with Crippen molar-refractivity contribution < 1.29 is 4.74 Å². The Hall–Kier alpha value is -1.97. The van der Waals surface area contributed by atoms with Crippen molar-refractivity contribution in [3.8, 4) is 5.75 Å². The summed E-state index contributed by atoms with van der Waals surface area (Å²) in [7, 11) is 0. The molecule has 0 saturated heterocycles. The summed E-state index contributed by atoms with van der Waals surface area (Å²) >= 11 is 12.1. The summed E-state index contributed by atoms with van der Waals surface area (Å²) < 4.78 is 5.96. The van der Waals surface area contributed by atoms with Crippen molar-refractivity contribution in [2.75, 3.05) is 11.9 Å². The molecule has 0 amide bonds. The van der Waals surface area contributed by atoms with E-state index in [0.717, 1.165) is 33.6 Å². The average molecular weight is 389 g/mol. The molecule has 2 aromatic carbocycles. The monoisotopic (exact) mass is 388 g/mol. The second-order valence-corrected chi connectivity index (χ2v) is 7.58. The van der Waals surface area contributed by atoms with Crippen LogP contribution in [0.4, 0.5) is 5.69 Å². The van der Waals surface area contributed by atoms with E-state index < -0.39 is 0 Å². The third-order valence-corrected chi connectivity index (χ3v) is 4.71. The normalized spacial score (nSPS) is 11.2. The molecule has 3 rings (SSSR count). The Morgan fingerprint density at radius 3 is 2.62 bits per heavy atom. The molecule has 0 atom stereocenters. The Labute approximate surface area is 164 Å². The van der Waals surface area contributed by atoms with E-state index in [2.05, 4.69) is 25.2 Å². The lowest BCUT2D eigenvalue weighted by atomic mass is 10.1. The third-order valence-electron chi connectivity index (χ3n) is 3.97. The van der Waals surface area contributed by atoms with Gasteiger partial charge in [0.15, 0.2) is 0 Å². The quantitative estimate of drug-likeness (QED) is 0.523. The molecule has 0 fully saturated rings. The van der Waals surface area contributed by atoms with Gasteiger partial charge < -0.3 is 10.1 Å². The largest absolute Gasteiger partial charge is 0.491 e. The van der Waals surface area contributed by atoms with Crippen LogP contribution in [0.1, 0.15) is 25.1 Å². The van der Waals surface area contributed by atoms with Crippen LogP contribution in [0.15, 0.2) is 42.5 Å². The van der Waals surface area contributed by atoms with E-state index in [0.29, 0.717) is 29.1 Å². The van der Waals surface area contributed by atoms with Gasteiger partial charge in [0.05, 0.1) is 16.7 Å². The lowest BCUT2D eigenvalue weighted by molar-refractivity contribution is 0.273. The first kappa shape index (κ1) is 18.8. The molecule has 0 spiro atoms. The minimum Gasteiger partial charge on any atom is -0.491 e. The van der Waals surface area contributed by atoms with E-state index >= 15 is 0 Å². The standard InChI is InChI=1S/C21H22Cl2N2O/c1-13(2)12-26-20-6-4-5-16-19(9-14(3)25-21(16)20)24-11-15-7-8-17(22)18(23)10-15/h4-10,13H,11-12H2,1-3H3,(H,24,25). The predicted molar refractivity (Wildman–Crippen MR) is 111 cm³/mol. The van der Waals surface area contributed by atoms with Crippen molar-refractivity contribution in [3.63, 3.8) is 0 Å². The van der Waals surface area contributed by atoms with Crippen molar-refractivity contribution in [2.24, 2.45) is 5.92 Å². The number of anilines is 1. The van der Waals surface area contributed by atoms with Crippen LogP contribution < -0.4 is 10.1 Å². The minimum absolute atomic E-state index is 0.460. The fourth-order valence-electron chi connectivity index (χ4n) is 2.72. The Balaban J connectivity index is 1.90. The van der Waals surface area contributed by atoms with Gasteiger partial charge >= 0.3 is 0 Å². The lowest BCUT2D eigenvalue weighted by Gasteiger charge is -2.15. The topological polar surface area (TPSA) is 34.1 Å². The highest BCUT2D eigenvalue weighted by Crippen LogP contribution is 2.31. The van der Waals surface area contributed by atoms with Gasteiger partial charge in [0.1, 0.15) is 11.3 Å². The number of benzene rings is 2. The number of aromatic nitrogens is 1. The van der Waals surface area contributed by atoms with Crippen LogP contribution in [0.3, 0.4) is 0 Å². The molecule has 1 aromatic heterocycles. The Bertz CT molecular complexity index is 925. The Morgan fingerprint density at radius 2 is 1.88 bits per heavy atom. The zero-order chi connectivity index (χ0) is 18.7. The van der Waals surface area contributed by atoms with Crippen molar-refractivity contribution in [1.82, 2.24) is 4.98 Å². The summed E-state index contributed by atoms with van der Waals surface area (Å²) in [4.78, 5) is 4.69. The number of hydrogen-bond acceptors (Lipinski definition) is 3. The summed E-state index contributed by atoms with van der Waals surface area (Å²) in [5, 5.41) is 5.65. The van der Waals surface area contributed by atoms with E-state index in [1.807, 2.05) is 43.3 Å². The summed E-state index contributed by atoms with van der Waals surface area (Å²) in [6, 6.07) is 13.7. The maximum Gasteiger partial charge on any atom is 0.145 e. The number of para-hydroxylation sites is 1. The number of fused-ring (bicyclic) bond motifs is 1. The summed E-state index contributed by atoms with van der Waals surface area (Å²) in [6.07, 6.45) is 0. The van der Waals surface area contributed by atoms with E-state index in [1.54, 1.807) is 0 Å². The molecule has 0 bridgehead atoms. The zero-order valence-corrected chi connectivity index (χ0v) is 16.7. The number of aryl methyl sites for hydroxylation is 1. The maximum absolute atomic E-state index is 6.11. The van der Waals surface area contributed by atoms with Gasteiger partial charge in [-0.25, -0.2) is 4.98 Å². The van der Waals surface area contributed by atoms with Gasteiger partial charge in [-0.2, -0.15) is 0 Å². The molecule has 3 aromatic rings. The molecular weight excluding hydrogens is 367 g/mol. The van der Waals surface area contributed by atoms with Crippen molar-refractivity contribution in [3.05, 3.63) is 63.8 Å². The smallest absolute Gasteiger partial charge is 0.145 e. The number of nitrogens with zero attached hydrogens (tertiary/aromatic N) is 1. The highest BCUT2D eigenvalue weighted by molar-refractivity contribution is 6.42. The molecule has 3 nitrogen and oxygen atoms in total. The van der Waals surface area contributed by atoms with E-state index in [9.17, 15) is 0 Å². The summed E-state index contributed by atoms with van der Waals surface area (Å²) in [5.41, 5.74) is 3.90. The fourth-order valence-corrected chi connectivity index (χ4v) is 3.04. The zero-order valence-electron chi connectivity index (χ0n) is 15.1.